The molecule has 1 aromatic heterocycles. The van der Waals surface area contributed by atoms with Crippen LogP contribution in [-0.2, 0) is 4.79 Å². The first-order chi connectivity index (χ1) is 7.00. The smallest absolute Gasteiger partial charge is 0.308 e. The third-order valence-electron chi connectivity index (χ3n) is 1.88. The number of rotatable bonds is 4. The molecule has 0 aliphatic carbocycles. The number of carbonyl (C=O) groups excluding carboxylic acids is 1. The van der Waals surface area contributed by atoms with Crippen molar-refractivity contribution in [1.29, 1.82) is 0 Å². The molecule has 1 aromatic rings. The first-order valence-corrected chi connectivity index (χ1v) is 4.73. The fourth-order valence-corrected chi connectivity index (χ4v) is 1.09. The number of carboxylic acid groups (broad SMARTS) is 1. The fraction of sp³-hybridized carbons (Fsp3) is 0.333. The van der Waals surface area contributed by atoms with Gasteiger partial charge in [0.05, 0.1) is 10.9 Å². The second kappa shape index (κ2) is 4.84. The Morgan fingerprint density at radius 3 is 2.80 bits per heavy atom. The Labute approximate surface area is 91.4 Å². The molecule has 0 radical (unpaired) electrons. The van der Waals surface area contributed by atoms with Crippen LogP contribution in [0.2, 0.25) is 5.02 Å². The molecule has 1 heterocycles. The monoisotopic (exact) mass is 230 g/mol. The summed E-state index contributed by atoms with van der Waals surface area (Å²) in [6.45, 7) is 1.61. The maximum absolute atomic E-state index is 11.4. The molecule has 0 saturated carbocycles. The SMILES string of the molecule is CC(CNC(=O)c1cc(Cl)c[nH]1)C(=O)O. The topological polar surface area (TPSA) is 82.2 Å². The molecule has 82 valence electrons. The molecule has 5 nitrogen and oxygen atoms in total. The number of halogens is 1. The Morgan fingerprint density at radius 1 is 1.67 bits per heavy atom. The van der Waals surface area contributed by atoms with E-state index in [1.165, 1.54) is 19.2 Å². The van der Waals surface area contributed by atoms with E-state index >= 15 is 0 Å². The predicted octanol–water partition coefficient (Wildman–Crippen LogP) is 1.12. The van der Waals surface area contributed by atoms with Crippen molar-refractivity contribution in [3.63, 3.8) is 0 Å². The molecular weight excluding hydrogens is 220 g/mol. The second-order valence-electron chi connectivity index (χ2n) is 3.18. The van der Waals surface area contributed by atoms with Gasteiger partial charge in [0.2, 0.25) is 0 Å². The number of aromatic nitrogens is 1. The first-order valence-electron chi connectivity index (χ1n) is 4.35. The van der Waals surface area contributed by atoms with Crippen LogP contribution in [0.15, 0.2) is 12.3 Å². The number of aliphatic carboxylic acids is 1. The van der Waals surface area contributed by atoms with E-state index in [0.717, 1.165) is 0 Å². The van der Waals surface area contributed by atoms with Gasteiger partial charge in [0.25, 0.3) is 5.91 Å². The molecule has 6 heteroatoms. The third kappa shape index (κ3) is 3.28. The van der Waals surface area contributed by atoms with Crippen LogP contribution in [-0.4, -0.2) is 28.5 Å². The van der Waals surface area contributed by atoms with E-state index < -0.39 is 11.9 Å². The zero-order valence-electron chi connectivity index (χ0n) is 8.08. The van der Waals surface area contributed by atoms with Gasteiger partial charge >= 0.3 is 5.97 Å². The maximum atomic E-state index is 11.4. The van der Waals surface area contributed by atoms with Gasteiger partial charge in [0, 0.05) is 12.7 Å². The van der Waals surface area contributed by atoms with Crippen molar-refractivity contribution >= 4 is 23.5 Å². The lowest BCUT2D eigenvalue weighted by Crippen LogP contribution is -2.31. The van der Waals surface area contributed by atoms with Crippen LogP contribution >= 0.6 is 11.6 Å². The molecule has 0 spiro atoms. The average Bonchev–Trinajstić information content (AvgIpc) is 2.60. The van der Waals surface area contributed by atoms with Gasteiger partial charge in [-0.1, -0.05) is 18.5 Å². The van der Waals surface area contributed by atoms with E-state index in [1.807, 2.05) is 0 Å². The number of nitrogens with one attached hydrogen (secondary N) is 2. The summed E-state index contributed by atoms with van der Waals surface area (Å²) in [5.74, 6) is -1.92. The zero-order valence-corrected chi connectivity index (χ0v) is 8.84. The van der Waals surface area contributed by atoms with Crippen LogP contribution in [0.3, 0.4) is 0 Å². The largest absolute Gasteiger partial charge is 0.481 e. The van der Waals surface area contributed by atoms with Gasteiger partial charge in [-0.05, 0) is 6.07 Å². The highest BCUT2D eigenvalue weighted by Crippen LogP contribution is 2.09. The summed E-state index contributed by atoms with van der Waals surface area (Å²) >= 11 is 5.61. The van der Waals surface area contributed by atoms with E-state index in [1.54, 1.807) is 0 Å². The number of carboxylic acids is 1. The van der Waals surface area contributed by atoms with Gasteiger partial charge in [0.15, 0.2) is 0 Å². The molecule has 15 heavy (non-hydrogen) atoms. The van der Waals surface area contributed by atoms with Crippen molar-refractivity contribution in [3.05, 3.63) is 23.0 Å². The molecule has 1 unspecified atom stereocenters. The lowest BCUT2D eigenvalue weighted by Gasteiger charge is -2.06. The lowest BCUT2D eigenvalue weighted by atomic mass is 10.2. The molecule has 1 amide bonds. The van der Waals surface area contributed by atoms with E-state index in [2.05, 4.69) is 10.3 Å². The highest BCUT2D eigenvalue weighted by atomic mass is 35.5. The molecule has 0 bridgehead atoms. The molecular formula is C9H11ClN2O3. The molecule has 0 fully saturated rings. The van der Waals surface area contributed by atoms with Crippen molar-refractivity contribution in [2.45, 2.75) is 6.92 Å². The maximum Gasteiger partial charge on any atom is 0.308 e. The van der Waals surface area contributed by atoms with Crippen molar-refractivity contribution in [2.24, 2.45) is 5.92 Å². The quantitative estimate of drug-likeness (QED) is 0.725. The normalized spacial score (nSPS) is 12.1. The Bertz CT molecular complexity index is 375. The number of H-pyrrole nitrogens is 1. The number of amides is 1. The van der Waals surface area contributed by atoms with E-state index in [0.29, 0.717) is 10.7 Å². The minimum atomic E-state index is -0.945. The van der Waals surface area contributed by atoms with Crippen molar-refractivity contribution in [2.75, 3.05) is 6.54 Å². The minimum absolute atomic E-state index is 0.0881. The Hall–Kier alpha value is -1.49. The van der Waals surface area contributed by atoms with E-state index in [-0.39, 0.29) is 12.5 Å². The number of carbonyl (C=O) groups is 2. The molecule has 3 N–H and O–H groups in total. The first kappa shape index (κ1) is 11.6. The summed E-state index contributed by atoms with van der Waals surface area (Å²) in [4.78, 5) is 24.5. The van der Waals surface area contributed by atoms with Gasteiger partial charge in [-0.25, -0.2) is 0 Å². The zero-order chi connectivity index (χ0) is 11.4. The van der Waals surface area contributed by atoms with Crippen LogP contribution in [0.25, 0.3) is 0 Å². The second-order valence-corrected chi connectivity index (χ2v) is 3.62. The Morgan fingerprint density at radius 2 is 2.33 bits per heavy atom. The molecule has 1 atom stereocenters. The average molecular weight is 231 g/mol. The lowest BCUT2D eigenvalue weighted by molar-refractivity contribution is -0.140. The van der Waals surface area contributed by atoms with Gasteiger partial charge in [0.1, 0.15) is 5.69 Å². The summed E-state index contributed by atoms with van der Waals surface area (Å²) in [6.07, 6.45) is 1.48. The van der Waals surface area contributed by atoms with Gasteiger partial charge in [-0.15, -0.1) is 0 Å². The standard InChI is InChI=1S/C9H11ClN2O3/c1-5(9(14)15)3-12-8(13)7-2-6(10)4-11-7/h2,4-5,11H,3H2,1H3,(H,12,13)(H,14,15). The van der Waals surface area contributed by atoms with Crippen molar-refractivity contribution < 1.29 is 14.7 Å². The highest BCUT2D eigenvalue weighted by Gasteiger charge is 2.13. The fourth-order valence-electron chi connectivity index (χ4n) is 0.927. The molecule has 0 aromatic carbocycles. The van der Waals surface area contributed by atoms with Crippen LogP contribution in [0.1, 0.15) is 17.4 Å². The van der Waals surface area contributed by atoms with Crippen LogP contribution in [0, 0.1) is 5.92 Å². The summed E-state index contributed by atoms with van der Waals surface area (Å²) in [5, 5.41) is 11.5. The molecule has 0 saturated heterocycles. The number of hydrogen-bond acceptors (Lipinski definition) is 2. The minimum Gasteiger partial charge on any atom is -0.481 e. The highest BCUT2D eigenvalue weighted by molar-refractivity contribution is 6.30. The number of aromatic amines is 1. The van der Waals surface area contributed by atoms with Gasteiger partial charge < -0.3 is 15.4 Å². The summed E-state index contributed by atoms with van der Waals surface area (Å²) < 4.78 is 0. The number of hydrogen-bond donors (Lipinski definition) is 3. The predicted molar refractivity (Wildman–Crippen MR) is 54.9 cm³/mol. The van der Waals surface area contributed by atoms with Crippen molar-refractivity contribution in [3.8, 4) is 0 Å². The van der Waals surface area contributed by atoms with Gasteiger partial charge in [-0.3, -0.25) is 9.59 Å². The van der Waals surface area contributed by atoms with Crippen LogP contribution in [0.4, 0.5) is 0 Å². The van der Waals surface area contributed by atoms with Crippen molar-refractivity contribution in [1.82, 2.24) is 10.3 Å². The Balaban J connectivity index is 2.47. The van der Waals surface area contributed by atoms with Gasteiger partial charge in [-0.2, -0.15) is 0 Å². The summed E-state index contributed by atoms with van der Waals surface area (Å²) in [6, 6.07) is 1.47. The van der Waals surface area contributed by atoms with E-state index in [4.69, 9.17) is 16.7 Å². The van der Waals surface area contributed by atoms with Crippen LogP contribution < -0.4 is 5.32 Å². The summed E-state index contributed by atoms with van der Waals surface area (Å²) in [7, 11) is 0. The summed E-state index contributed by atoms with van der Waals surface area (Å²) in [5.41, 5.74) is 0.317. The van der Waals surface area contributed by atoms with E-state index in [9.17, 15) is 9.59 Å². The van der Waals surface area contributed by atoms with Crippen LogP contribution in [0.5, 0.6) is 0 Å². The molecule has 1 rings (SSSR count). The third-order valence-corrected chi connectivity index (χ3v) is 2.10. The Kier molecular flexibility index (Phi) is 3.74. The molecule has 0 aliphatic rings. The molecule has 0 aliphatic heterocycles.